The Labute approximate surface area is 120 Å². The van der Waals surface area contributed by atoms with Gasteiger partial charge in [-0.1, -0.05) is 12.1 Å². The van der Waals surface area contributed by atoms with Crippen molar-refractivity contribution in [3.8, 4) is 0 Å². The van der Waals surface area contributed by atoms with Crippen molar-refractivity contribution in [1.82, 2.24) is 9.97 Å². The van der Waals surface area contributed by atoms with Crippen molar-refractivity contribution in [3.63, 3.8) is 0 Å². The predicted octanol–water partition coefficient (Wildman–Crippen LogP) is 4.03. The van der Waals surface area contributed by atoms with Crippen LogP contribution in [0, 0.1) is 5.82 Å². The van der Waals surface area contributed by atoms with Gasteiger partial charge in [0, 0.05) is 7.05 Å². The minimum Gasteiger partial charge on any atom is -0.352 e. The fourth-order valence-electron chi connectivity index (χ4n) is 2.21. The zero-order chi connectivity index (χ0) is 14.1. The average molecular weight is 287 g/mol. The molecule has 0 saturated carbocycles. The summed E-state index contributed by atoms with van der Waals surface area (Å²) < 4.78 is 13.0. The number of thiophene rings is 1. The Kier molecular flexibility index (Phi) is 3.36. The van der Waals surface area contributed by atoms with E-state index in [1.165, 1.54) is 12.1 Å². The number of hydrogen-bond acceptors (Lipinski definition) is 4. The van der Waals surface area contributed by atoms with E-state index in [2.05, 4.69) is 21.8 Å². The molecule has 1 aromatic carbocycles. The van der Waals surface area contributed by atoms with Crippen LogP contribution < -0.4 is 4.90 Å². The maximum absolute atomic E-state index is 13.0. The number of anilines is 1. The highest BCUT2D eigenvalue weighted by Gasteiger charge is 2.16. The van der Waals surface area contributed by atoms with Crippen LogP contribution in [0.4, 0.5) is 10.2 Å². The minimum absolute atomic E-state index is 0.105. The molecule has 0 aliphatic heterocycles. The maximum Gasteiger partial charge on any atom is 0.141 e. The maximum atomic E-state index is 13.0. The van der Waals surface area contributed by atoms with Gasteiger partial charge in [0.05, 0.1) is 11.4 Å². The van der Waals surface area contributed by atoms with Gasteiger partial charge in [0.15, 0.2) is 0 Å². The highest BCUT2D eigenvalue weighted by molar-refractivity contribution is 7.16. The van der Waals surface area contributed by atoms with Crippen LogP contribution in [0.5, 0.6) is 0 Å². The number of halogens is 1. The minimum atomic E-state index is -0.217. The molecule has 3 nitrogen and oxygen atoms in total. The molecule has 0 aliphatic rings. The number of rotatable bonds is 3. The second-order valence-corrected chi connectivity index (χ2v) is 5.57. The molecule has 0 saturated heterocycles. The number of fused-ring (bicyclic) bond motifs is 1. The third kappa shape index (κ3) is 2.25. The van der Waals surface area contributed by atoms with Crippen LogP contribution in [0.2, 0.25) is 0 Å². The van der Waals surface area contributed by atoms with Crippen LogP contribution in [0.25, 0.3) is 10.2 Å². The molecule has 0 bridgehead atoms. The molecule has 0 spiro atoms. The third-order valence-electron chi connectivity index (χ3n) is 3.51. The molecule has 0 N–H and O–H groups in total. The van der Waals surface area contributed by atoms with Gasteiger partial charge in [0.2, 0.25) is 0 Å². The first-order valence-corrected chi connectivity index (χ1v) is 7.21. The topological polar surface area (TPSA) is 29.0 Å². The Hall–Kier alpha value is -2.01. The largest absolute Gasteiger partial charge is 0.352 e. The number of nitrogens with zero attached hydrogens (tertiary/aromatic N) is 3. The van der Waals surface area contributed by atoms with Crippen LogP contribution in [0.3, 0.4) is 0 Å². The van der Waals surface area contributed by atoms with Crippen molar-refractivity contribution in [2.75, 3.05) is 11.9 Å². The van der Waals surface area contributed by atoms with E-state index >= 15 is 0 Å². The molecule has 0 unspecified atom stereocenters. The standard InChI is InChI=1S/C15H14FN3S/c1-10(11-3-5-12(16)6-4-11)19(2)14-13-7-8-20-15(13)18-9-17-14/h3-10H,1-2H3/t10-/m0/s1. The van der Waals surface area contributed by atoms with Crippen molar-refractivity contribution in [1.29, 1.82) is 0 Å². The summed E-state index contributed by atoms with van der Waals surface area (Å²) in [5.41, 5.74) is 1.05. The van der Waals surface area contributed by atoms with Crippen LogP contribution in [0.1, 0.15) is 18.5 Å². The fourth-order valence-corrected chi connectivity index (χ4v) is 2.93. The zero-order valence-electron chi connectivity index (χ0n) is 11.2. The summed E-state index contributed by atoms with van der Waals surface area (Å²) >= 11 is 1.60. The molecule has 102 valence electrons. The smallest absolute Gasteiger partial charge is 0.141 e. The van der Waals surface area contributed by atoms with E-state index < -0.39 is 0 Å². The molecule has 0 radical (unpaired) electrons. The quantitative estimate of drug-likeness (QED) is 0.728. The molecular weight excluding hydrogens is 273 g/mol. The Morgan fingerprint density at radius 3 is 2.65 bits per heavy atom. The molecule has 3 aromatic rings. The molecule has 20 heavy (non-hydrogen) atoms. The second kappa shape index (κ2) is 5.17. The third-order valence-corrected chi connectivity index (χ3v) is 4.33. The first-order chi connectivity index (χ1) is 9.66. The molecule has 0 amide bonds. The first kappa shape index (κ1) is 13.0. The summed E-state index contributed by atoms with van der Waals surface area (Å²) in [4.78, 5) is 11.7. The lowest BCUT2D eigenvalue weighted by Crippen LogP contribution is -2.22. The molecule has 0 aliphatic carbocycles. The summed E-state index contributed by atoms with van der Waals surface area (Å²) in [5.74, 6) is 0.680. The Morgan fingerprint density at radius 2 is 1.90 bits per heavy atom. The van der Waals surface area contributed by atoms with Gasteiger partial charge in [-0.05, 0) is 36.1 Å². The number of benzene rings is 1. The highest BCUT2D eigenvalue weighted by atomic mass is 32.1. The molecule has 5 heteroatoms. The molecule has 1 atom stereocenters. The summed E-state index contributed by atoms with van der Waals surface area (Å²) in [5, 5.41) is 3.06. The molecule has 0 fully saturated rings. The predicted molar refractivity (Wildman–Crippen MR) is 80.6 cm³/mol. The molecule has 2 heterocycles. The van der Waals surface area contributed by atoms with Crippen molar-refractivity contribution < 1.29 is 4.39 Å². The van der Waals surface area contributed by atoms with E-state index in [1.54, 1.807) is 17.7 Å². The zero-order valence-corrected chi connectivity index (χ0v) is 12.1. The Bertz CT molecular complexity index is 723. The van der Waals surface area contributed by atoms with Crippen molar-refractivity contribution >= 4 is 27.4 Å². The SMILES string of the molecule is C[C@@H](c1ccc(F)cc1)N(C)c1ncnc2sccc12. The van der Waals surface area contributed by atoms with Crippen molar-refractivity contribution in [2.24, 2.45) is 0 Å². The number of aromatic nitrogens is 2. The van der Waals surface area contributed by atoms with E-state index in [4.69, 9.17) is 0 Å². The number of hydrogen-bond donors (Lipinski definition) is 0. The van der Waals surface area contributed by atoms with Crippen LogP contribution in [-0.4, -0.2) is 17.0 Å². The summed E-state index contributed by atoms with van der Waals surface area (Å²) in [6, 6.07) is 8.72. The normalized spacial score (nSPS) is 12.6. The lowest BCUT2D eigenvalue weighted by atomic mass is 10.1. The summed E-state index contributed by atoms with van der Waals surface area (Å²) in [6.07, 6.45) is 1.59. The van der Waals surface area contributed by atoms with E-state index in [9.17, 15) is 4.39 Å². The highest BCUT2D eigenvalue weighted by Crippen LogP contribution is 2.31. The van der Waals surface area contributed by atoms with Gasteiger partial charge in [-0.25, -0.2) is 14.4 Å². The van der Waals surface area contributed by atoms with Crippen molar-refractivity contribution in [2.45, 2.75) is 13.0 Å². The van der Waals surface area contributed by atoms with Gasteiger partial charge in [0.25, 0.3) is 0 Å². The van der Waals surface area contributed by atoms with Crippen LogP contribution in [-0.2, 0) is 0 Å². The molecule has 3 rings (SSSR count). The van der Waals surface area contributed by atoms with E-state index in [0.717, 1.165) is 21.6 Å². The first-order valence-electron chi connectivity index (χ1n) is 6.33. The molecule has 2 aromatic heterocycles. The summed E-state index contributed by atoms with van der Waals surface area (Å²) in [7, 11) is 1.99. The summed E-state index contributed by atoms with van der Waals surface area (Å²) in [6.45, 7) is 2.08. The van der Waals surface area contributed by atoms with Gasteiger partial charge in [-0.3, -0.25) is 0 Å². The van der Waals surface area contributed by atoms with Gasteiger partial charge >= 0.3 is 0 Å². The van der Waals surface area contributed by atoms with Gasteiger partial charge in [-0.15, -0.1) is 11.3 Å². The lowest BCUT2D eigenvalue weighted by Gasteiger charge is -2.26. The van der Waals surface area contributed by atoms with Gasteiger partial charge in [0.1, 0.15) is 22.8 Å². The fraction of sp³-hybridized carbons (Fsp3) is 0.200. The van der Waals surface area contributed by atoms with E-state index in [0.29, 0.717) is 0 Å². The van der Waals surface area contributed by atoms with Crippen molar-refractivity contribution in [3.05, 3.63) is 53.4 Å². The van der Waals surface area contributed by atoms with Crippen LogP contribution >= 0.6 is 11.3 Å². The Balaban J connectivity index is 1.97. The average Bonchev–Trinajstić information content (AvgIpc) is 2.95. The van der Waals surface area contributed by atoms with Gasteiger partial charge in [-0.2, -0.15) is 0 Å². The van der Waals surface area contributed by atoms with E-state index in [-0.39, 0.29) is 11.9 Å². The second-order valence-electron chi connectivity index (χ2n) is 4.68. The lowest BCUT2D eigenvalue weighted by molar-refractivity contribution is 0.625. The van der Waals surface area contributed by atoms with E-state index in [1.807, 2.05) is 30.6 Å². The monoisotopic (exact) mass is 287 g/mol. The molecular formula is C15H14FN3S. The Morgan fingerprint density at radius 1 is 1.15 bits per heavy atom. The van der Waals surface area contributed by atoms with Crippen LogP contribution in [0.15, 0.2) is 42.0 Å². The van der Waals surface area contributed by atoms with Gasteiger partial charge < -0.3 is 4.90 Å².